The van der Waals surface area contributed by atoms with Crippen LogP contribution in [0.15, 0.2) is 28.7 Å². The minimum absolute atomic E-state index is 0.218. The van der Waals surface area contributed by atoms with Crippen LogP contribution in [-0.2, 0) is 0 Å². The fraction of sp³-hybridized carbons (Fsp3) is 0.333. The topological polar surface area (TPSA) is 60.4 Å². The van der Waals surface area contributed by atoms with Crippen LogP contribution in [-0.4, -0.2) is 7.11 Å². The number of hydrogen-bond donors (Lipinski definition) is 2. The summed E-state index contributed by atoms with van der Waals surface area (Å²) in [5.74, 6) is 8.17. The number of nitrogens with one attached hydrogen (secondary N) is 1. The van der Waals surface area contributed by atoms with Crippen LogP contribution in [0, 0.1) is 20.8 Å². The molecular weight excluding hydrogens is 240 g/mol. The molecule has 1 aromatic heterocycles. The maximum atomic E-state index is 5.71. The minimum atomic E-state index is -0.218. The quantitative estimate of drug-likeness (QED) is 0.655. The molecular formula is C15H20N2O2. The summed E-state index contributed by atoms with van der Waals surface area (Å²) in [6.07, 6.45) is 0. The highest BCUT2D eigenvalue weighted by atomic mass is 16.5. The molecule has 1 unspecified atom stereocenters. The highest BCUT2D eigenvalue weighted by molar-refractivity contribution is 5.47. The van der Waals surface area contributed by atoms with Crippen LogP contribution in [0.5, 0.6) is 5.75 Å². The van der Waals surface area contributed by atoms with E-state index in [9.17, 15) is 0 Å². The zero-order chi connectivity index (χ0) is 14.0. The van der Waals surface area contributed by atoms with E-state index in [2.05, 4.69) is 11.5 Å². The Labute approximate surface area is 113 Å². The molecule has 0 aliphatic carbocycles. The molecule has 2 rings (SSSR count). The molecule has 0 spiro atoms. The van der Waals surface area contributed by atoms with Crippen LogP contribution in [0.4, 0.5) is 0 Å². The Bertz CT molecular complexity index is 576. The Morgan fingerprint density at radius 2 is 1.95 bits per heavy atom. The summed E-state index contributed by atoms with van der Waals surface area (Å²) in [6.45, 7) is 6.00. The maximum Gasteiger partial charge on any atom is 0.127 e. The van der Waals surface area contributed by atoms with Crippen LogP contribution in [0.25, 0.3) is 0 Å². The molecule has 0 amide bonds. The van der Waals surface area contributed by atoms with Gasteiger partial charge in [-0.3, -0.25) is 5.84 Å². The van der Waals surface area contributed by atoms with Crippen LogP contribution < -0.4 is 16.0 Å². The normalized spacial score (nSPS) is 12.5. The van der Waals surface area contributed by atoms with Crippen LogP contribution in [0.1, 0.15) is 34.3 Å². The van der Waals surface area contributed by atoms with Gasteiger partial charge in [-0.05, 0) is 50.1 Å². The van der Waals surface area contributed by atoms with Gasteiger partial charge in [-0.1, -0.05) is 6.07 Å². The van der Waals surface area contributed by atoms with Gasteiger partial charge in [-0.25, -0.2) is 5.43 Å². The van der Waals surface area contributed by atoms with Crippen molar-refractivity contribution in [3.05, 3.63) is 52.5 Å². The van der Waals surface area contributed by atoms with Gasteiger partial charge in [0.05, 0.1) is 7.11 Å². The predicted molar refractivity (Wildman–Crippen MR) is 75.1 cm³/mol. The predicted octanol–water partition coefficient (Wildman–Crippen LogP) is 2.77. The fourth-order valence-electron chi connectivity index (χ4n) is 2.39. The van der Waals surface area contributed by atoms with Gasteiger partial charge in [0.2, 0.25) is 0 Å². The lowest BCUT2D eigenvalue weighted by atomic mass is 9.96. The first-order valence-electron chi connectivity index (χ1n) is 6.24. The molecule has 0 fully saturated rings. The number of hydrazine groups is 1. The van der Waals surface area contributed by atoms with Crippen molar-refractivity contribution >= 4 is 0 Å². The summed E-state index contributed by atoms with van der Waals surface area (Å²) < 4.78 is 11.2. The van der Waals surface area contributed by atoms with Crippen LogP contribution >= 0.6 is 0 Å². The zero-order valence-electron chi connectivity index (χ0n) is 11.8. The third-order valence-electron chi connectivity index (χ3n) is 3.21. The molecule has 0 saturated heterocycles. The van der Waals surface area contributed by atoms with E-state index < -0.39 is 0 Å². The number of nitrogens with two attached hydrogens (primary N) is 1. The van der Waals surface area contributed by atoms with Gasteiger partial charge in [0, 0.05) is 5.56 Å². The van der Waals surface area contributed by atoms with Crippen molar-refractivity contribution in [3.8, 4) is 5.75 Å². The van der Waals surface area contributed by atoms with Crippen molar-refractivity contribution in [1.29, 1.82) is 0 Å². The molecule has 4 heteroatoms. The number of ether oxygens (including phenoxy) is 1. The average Bonchev–Trinajstić information content (AvgIpc) is 2.78. The van der Waals surface area contributed by atoms with E-state index in [0.717, 1.165) is 34.0 Å². The van der Waals surface area contributed by atoms with Crippen molar-refractivity contribution in [2.45, 2.75) is 26.8 Å². The van der Waals surface area contributed by atoms with Gasteiger partial charge < -0.3 is 9.15 Å². The number of methoxy groups -OCH3 is 1. The monoisotopic (exact) mass is 260 g/mol. The first-order valence-corrected chi connectivity index (χ1v) is 6.24. The molecule has 2 aromatic rings. The van der Waals surface area contributed by atoms with Crippen molar-refractivity contribution in [2.24, 2.45) is 5.84 Å². The Morgan fingerprint density at radius 3 is 2.47 bits per heavy atom. The van der Waals surface area contributed by atoms with Gasteiger partial charge in [0.15, 0.2) is 0 Å². The van der Waals surface area contributed by atoms with Gasteiger partial charge in [0.25, 0.3) is 0 Å². The molecule has 0 radical (unpaired) electrons. The van der Waals surface area contributed by atoms with Crippen molar-refractivity contribution in [2.75, 3.05) is 7.11 Å². The Balaban J connectivity index is 2.55. The van der Waals surface area contributed by atoms with E-state index in [0.29, 0.717) is 0 Å². The smallest absolute Gasteiger partial charge is 0.127 e. The summed E-state index contributed by atoms with van der Waals surface area (Å²) in [4.78, 5) is 0. The number of hydrogen-bond acceptors (Lipinski definition) is 4. The first-order chi connectivity index (χ1) is 9.06. The SMILES string of the molecule is COc1cc(C)cc(C)c1C(NN)c1ccc(C)o1. The van der Waals surface area contributed by atoms with Gasteiger partial charge >= 0.3 is 0 Å². The lowest BCUT2D eigenvalue weighted by molar-refractivity contribution is 0.389. The molecule has 19 heavy (non-hydrogen) atoms. The van der Waals surface area contributed by atoms with Crippen LogP contribution in [0.3, 0.4) is 0 Å². The van der Waals surface area contributed by atoms with Crippen molar-refractivity contribution in [3.63, 3.8) is 0 Å². The summed E-state index contributed by atoms with van der Waals surface area (Å²) in [7, 11) is 1.67. The molecule has 1 heterocycles. The van der Waals surface area contributed by atoms with E-state index in [4.69, 9.17) is 15.0 Å². The number of rotatable bonds is 4. The van der Waals surface area contributed by atoms with E-state index in [1.165, 1.54) is 0 Å². The molecule has 0 bridgehead atoms. The number of furan rings is 1. The zero-order valence-corrected chi connectivity index (χ0v) is 11.8. The van der Waals surface area contributed by atoms with E-state index in [-0.39, 0.29) is 6.04 Å². The van der Waals surface area contributed by atoms with E-state index in [1.54, 1.807) is 7.11 Å². The van der Waals surface area contributed by atoms with Gasteiger partial charge in [0.1, 0.15) is 23.3 Å². The maximum absolute atomic E-state index is 5.71. The summed E-state index contributed by atoms with van der Waals surface area (Å²) in [5, 5.41) is 0. The molecule has 4 nitrogen and oxygen atoms in total. The molecule has 0 aliphatic heterocycles. The largest absolute Gasteiger partial charge is 0.496 e. The summed E-state index contributed by atoms with van der Waals surface area (Å²) in [5.41, 5.74) is 6.09. The lowest BCUT2D eigenvalue weighted by Gasteiger charge is -2.20. The Morgan fingerprint density at radius 1 is 1.21 bits per heavy atom. The number of aryl methyl sites for hydroxylation is 3. The fourth-order valence-corrected chi connectivity index (χ4v) is 2.39. The Hall–Kier alpha value is -1.78. The summed E-state index contributed by atoms with van der Waals surface area (Å²) in [6, 6.07) is 7.75. The first kappa shape index (κ1) is 13.6. The molecule has 3 N–H and O–H groups in total. The highest BCUT2D eigenvalue weighted by Crippen LogP contribution is 2.34. The molecule has 1 aromatic carbocycles. The summed E-state index contributed by atoms with van der Waals surface area (Å²) >= 11 is 0. The molecule has 0 aliphatic rings. The Kier molecular flexibility index (Phi) is 3.93. The second-order valence-corrected chi connectivity index (χ2v) is 4.75. The average molecular weight is 260 g/mol. The third kappa shape index (κ3) is 2.64. The number of benzene rings is 1. The van der Waals surface area contributed by atoms with Gasteiger partial charge in [-0.15, -0.1) is 0 Å². The highest BCUT2D eigenvalue weighted by Gasteiger charge is 2.22. The standard InChI is InChI=1S/C15H20N2O2/c1-9-7-10(2)14(13(8-9)18-4)15(17-16)12-6-5-11(3)19-12/h5-8,15,17H,16H2,1-4H3. The second-order valence-electron chi connectivity index (χ2n) is 4.75. The lowest BCUT2D eigenvalue weighted by Crippen LogP contribution is -2.29. The van der Waals surface area contributed by atoms with E-state index in [1.807, 2.05) is 39.0 Å². The van der Waals surface area contributed by atoms with Gasteiger partial charge in [-0.2, -0.15) is 0 Å². The van der Waals surface area contributed by atoms with Crippen molar-refractivity contribution < 1.29 is 9.15 Å². The third-order valence-corrected chi connectivity index (χ3v) is 3.21. The second kappa shape index (κ2) is 5.47. The molecule has 1 atom stereocenters. The van der Waals surface area contributed by atoms with Crippen molar-refractivity contribution in [1.82, 2.24) is 5.43 Å². The molecule has 0 saturated carbocycles. The van der Waals surface area contributed by atoms with E-state index >= 15 is 0 Å². The molecule has 102 valence electrons. The van der Waals surface area contributed by atoms with Crippen LogP contribution in [0.2, 0.25) is 0 Å². The minimum Gasteiger partial charge on any atom is -0.496 e.